The second-order valence-electron chi connectivity index (χ2n) is 3.70. The van der Waals surface area contributed by atoms with Crippen LogP contribution < -0.4 is 0 Å². The molecular weight excluding hydrogens is 231 g/mol. The van der Waals surface area contributed by atoms with Gasteiger partial charge in [-0.05, 0) is 23.6 Å². The zero-order valence-electron chi connectivity index (χ0n) is 8.83. The molecule has 0 aliphatic rings. The van der Waals surface area contributed by atoms with E-state index >= 15 is 0 Å². The molecule has 0 radical (unpaired) electrons. The van der Waals surface area contributed by atoms with Crippen LogP contribution in [0.1, 0.15) is 25.5 Å². The van der Waals surface area contributed by atoms with Gasteiger partial charge in [0.1, 0.15) is 5.69 Å². The molecule has 6 heteroatoms. The van der Waals surface area contributed by atoms with Gasteiger partial charge in [0.05, 0.1) is 17.6 Å². The second-order valence-corrected chi connectivity index (χ2v) is 4.03. The van der Waals surface area contributed by atoms with E-state index < -0.39 is 5.82 Å². The summed E-state index contributed by atoms with van der Waals surface area (Å²) in [6.07, 6.45) is 1.04. The summed E-state index contributed by atoms with van der Waals surface area (Å²) in [7, 11) is 0. The Bertz CT molecular complexity index is 509. The zero-order chi connectivity index (χ0) is 11.7. The Labute approximate surface area is 96.9 Å². The van der Waals surface area contributed by atoms with Gasteiger partial charge in [0.15, 0.2) is 5.82 Å². The van der Waals surface area contributed by atoms with Crippen molar-refractivity contribution < 1.29 is 4.39 Å². The molecule has 0 saturated carbocycles. The van der Waals surface area contributed by atoms with Crippen LogP contribution in [0.2, 0.25) is 5.28 Å². The Hall–Kier alpha value is -1.49. The Kier molecular flexibility index (Phi) is 2.87. The smallest absolute Gasteiger partial charge is 0.223 e. The molecule has 2 aromatic heterocycles. The number of aromatic amines is 1. The molecule has 0 bridgehead atoms. The van der Waals surface area contributed by atoms with Crippen LogP contribution in [0, 0.1) is 5.82 Å². The van der Waals surface area contributed by atoms with E-state index in [4.69, 9.17) is 11.6 Å². The third kappa shape index (κ3) is 2.04. The van der Waals surface area contributed by atoms with Crippen LogP contribution in [-0.4, -0.2) is 20.2 Å². The minimum atomic E-state index is -0.525. The van der Waals surface area contributed by atoms with Gasteiger partial charge in [-0.1, -0.05) is 13.8 Å². The third-order valence-corrected chi connectivity index (χ3v) is 2.34. The van der Waals surface area contributed by atoms with Gasteiger partial charge in [-0.3, -0.25) is 5.10 Å². The van der Waals surface area contributed by atoms with Crippen molar-refractivity contribution in [3.8, 4) is 11.4 Å². The molecule has 84 valence electrons. The molecule has 2 heterocycles. The van der Waals surface area contributed by atoms with Gasteiger partial charge in [0.25, 0.3) is 0 Å². The predicted octanol–water partition coefficient (Wildman–Crippen LogP) is 2.78. The van der Waals surface area contributed by atoms with Crippen LogP contribution in [0.4, 0.5) is 4.39 Å². The van der Waals surface area contributed by atoms with Crippen LogP contribution in [0.3, 0.4) is 0 Å². The molecule has 0 amide bonds. The van der Waals surface area contributed by atoms with Crippen molar-refractivity contribution in [2.45, 2.75) is 19.8 Å². The molecule has 0 aromatic carbocycles. The number of nitrogens with zero attached hydrogens (tertiary/aromatic N) is 3. The molecule has 0 saturated heterocycles. The van der Waals surface area contributed by atoms with Crippen LogP contribution in [0.25, 0.3) is 11.4 Å². The van der Waals surface area contributed by atoms with Crippen molar-refractivity contribution in [3.05, 3.63) is 29.1 Å². The van der Waals surface area contributed by atoms with Crippen molar-refractivity contribution >= 4 is 11.6 Å². The lowest BCUT2D eigenvalue weighted by molar-refractivity contribution is 0.617. The summed E-state index contributed by atoms with van der Waals surface area (Å²) in [6.45, 7) is 4.01. The van der Waals surface area contributed by atoms with Gasteiger partial charge in [-0.2, -0.15) is 5.10 Å². The van der Waals surface area contributed by atoms with E-state index in [0.29, 0.717) is 5.69 Å². The highest BCUT2D eigenvalue weighted by atomic mass is 35.5. The molecule has 1 N–H and O–H groups in total. The number of hydrogen-bond donors (Lipinski definition) is 1. The van der Waals surface area contributed by atoms with Crippen LogP contribution in [0.15, 0.2) is 12.3 Å². The van der Waals surface area contributed by atoms with Gasteiger partial charge < -0.3 is 0 Å². The standard InChI is InChI=1S/C10H10ClFN4/c1-5(2)7-3-8(16-15-7)9-6(12)4-13-10(11)14-9/h3-5H,1-2H3,(H,15,16). The molecule has 0 aliphatic heterocycles. The summed E-state index contributed by atoms with van der Waals surface area (Å²) in [5.41, 5.74) is 1.49. The van der Waals surface area contributed by atoms with Gasteiger partial charge in [-0.25, -0.2) is 14.4 Å². The fourth-order valence-electron chi connectivity index (χ4n) is 1.29. The summed E-state index contributed by atoms with van der Waals surface area (Å²) >= 11 is 5.61. The summed E-state index contributed by atoms with van der Waals surface area (Å²) in [6, 6.07) is 1.76. The highest BCUT2D eigenvalue weighted by Gasteiger charge is 2.12. The van der Waals surface area contributed by atoms with Gasteiger partial charge in [-0.15, -0.1) is 0 Å². The fraction of sp³-hybridized carbons (Fsp3) is 0.300. The van der Waals surface area contributed by atoms with Gasteiger partial charge in [0, 0.05) is 0 Å². The van der Waals surface area contributed by atoms with Crippen molar-refractivity contribution in [1.82, 2.24) is 20.2 Å². The van der Waals surface area contributed by atoms with Crippen molar-refractivity contribution in [2.75, 3.05) is 0 Å². The van der Waals surface area contributed by atoms with Gasteiger partial charge in [0.2, 0.25) is 5.28 Å². The number of rotatable bonds is 2. The average molecular weight is 241 g/mol. The highest BCUT2D eigenvalue weighted by molar-refractivity contribution is 6.28. The Morgan fingerprint density at radius 1 is 1.44 bits per heavy atom. The SMILES string of the molecule is CC(C)c1cc(-c2nc(Cl)ncc2F)[nH]n1. The highest BCUT2D eigenvalue weighted by Crippen LogP contribution is 2.22. The normalized spacial score (nSPS) is 11.1. The predicted molar refractivity (Wildman–Crippen MR) is 58.7 cm³/mol. The van der Waals surface area contributed by atoms with E-state index in [-0.39, 0.29) is 16.9 Å². The summed E-state index contributed by atoms with van der Waals surface area (Å²) in [5, 5.41) is 6.81. The molecule has 2 rings (SSSR count). The average Bonchev–Trinajstić information content (AvgIpc) is 2.70. The third-order valence-electron chi connectivity index (χ3n) is 2.16. The summed E-state index contributed by atoms with van der Waals surface area (Å²) < 4.78 is 13.4. The molecule has 0 aliphatic carbocycles. The van der Waals surface area contributed by atoms with E-state index in [9.17, 15) is 4.39 Å². The molecule has 0 atom stereocenters. The van der Waals surface area contributed by atoms with E-state index in [1.54, 1.807) is 6.07 Å². The second kappa shape index (κ2) is 4.17. The maximum atomic E-state index is 13.4. The van der Waals surface area contributed by atoms with Crippen molar-refractivity contribution in [3.63, 3.8) is 0 Å². The van der Waals surface area contributed by atoms with E-state index in [1.807, 2.05) is 13.8 Å². The summed E-state index contributed by atoms with van der Waals surface area (Å²) in [4.78, 5) is 7.38. The topological polar surface area (TPSA) is 54.5 Å². The molecule has 0 unspecified atom stereocenters. The molecule has 0 fully saturated rings. The number of hydrogen-bond acceptors (Lipinski definition) is 3. The first-order valence-electron chi connectivity index (χ1n) is 4.81. The quantitative estimate of drug-likeness (QED) is 0.822. The Balaban J connectivity index is 2.46. The van der Waals surface area contributed by atoms with E-state index in [2.05, 4.69) is 20.2 Å². The Morgan fingerprint density at radius 3 is 2.81 bits per heavy atom. The lowest BCUT2D eigenvalue weighted by Gasteiger charge is -1.98. The minimum Gasteiger partial charge on any atom is -0.276 e. The van der Waals surface area contributed by atoms with E-state index in [0.717, 1.165) is 11.9 Å². The number of aromatic nitrogens is 4. The molecule has 16 heavy (non-hydrogen) atoms. The molecular formula is C10H10ClFN4. The monoisotopic (exact) mass is 240 g/mol. The van der Waals surface area contributed by atoms with Crippen molar-refractivity contribution in [2.24, 2.45) is 0 Å². The molecule has 0 spiro atoms. The number of halogens is 2. The van der Waals surface area contributed by atoms with E-state index in [1.165, 1.54) is 0 Å². The maximum Gasteiger partial charge on any atom is 0.223 e. The number of H-pyrrole nitrogens is 1. The number of nitrogens with one attached hydrogen (secondary N) is 1. The molecule has 4 nitrogen and oxygen atoms in total. The van der Waals surface area contributed by atoms with Crippen LogP contribution in [-0.2, 0) is 0 Å². The van der Waals surface area contributed by atoms with Crippen molar-refractivity contribution in [1.29, 1.82) is 0 Å². The first kappa shape index (κ1) is 11.0. The summed E-state index contributed by atoms with van der Waals surface area (Å²) in [5.74, 6) is -0.256. The first-order chi connectivity index (χ1) is 7.58. The van der Waals surface area contributed by atoms with Crippen LogP contribution in [0.5, 0.6) is 0 Å². The fourth-order valence-corrected chi connectivity index (χ4v) is 1.42. The lowest BCUT2D eigenvalue weighted by atomic mass is 10.1. The largest absolute Gasteiger partial charge is 0.276 e. The van der Waals surface area contributed by atoms with Gasteiger partial charge >= 0.3 is 0 Å². The zero-order valence-corrected chi connectivity index (χ0v) is 9.59. The minimum absolute atomic E-state index is 0.0112. The first-order valence-corrected chi connectivity index (χ1v) is 5.19. The Morgan fingerprint density at radius 2 is 2.19 bits per heavy atom. The maximum absolute atomic E-state index is 13.4. The lowest BCUT2D eigenvalue weighted by Crippen LogP contribution is -1.92. The van der Waals surface area contributed by atoms with Crippen LogP contribution >= 0.6 is 11.6 Å². The molecule has 2 aromatic rings.